The van der Waals surface area contributed by atoms with Gasteiger partial charge in [-0.05, 0) is 160 Å². The van der Waals surface area contributed by atoms with Crippen molar-refractivity contribution < 1.29 is 0 Å². The lowest BCUT2D eigenvalue weighted by Crippen LogP contribution is -2.55. The average Bonchev–Trinajstić information content (AvgIpc) is 3.70. The SMILES string of the molecule is c1cc(-c2cccc3ccccc23)cc(N(c2ccc3c(c2)C2(CCCCC2)c2ccccc2-3)c2cccc3c2-c2ccccc2C32C3CC4CC(C3)CC2C4)c1. The first-order valence-electron chi connectivity index (χ1n) is 22.1. The second-order valence-corrected chi connectivity index (χ2v) is 18.7. The number of anilines is 3. The Morgan fingerprint density at radius 1 is 0.439 bits per heavy atom. The lowest BCUT2D eigenvalue weighted by molar-refractivity contribution is -0.0399. The highest BCUT2D eigenvalue weighted by Gasteiger charge is 2.62. The van der Waals surface area contributed by atoms with Crippen LogP contribution in [0.15, 0.2) is 152 Å². The summed E-state index contributed by atoms with van der Waals surface area (Å²) in [6.07, 6.45) is 13.5. The quantitative estimate of drug-likeness (QED) is 0.174. The van der Waals surface area contributed by atoms with E-state index in [2.05, 4.69) is 157 Å². The minimum atomic E-state index is 0.0896. The lowest BCUT2D eigenvalue weighted by Gasteiger charge is -2.61. The zero-order valence-corrected chi connectivity index (χ0v) is 32.8. The maximum Gasteiger partial charge on any atom is 0.0543 e. The molecule has 7 aromatic carbocycles. The van der Waals surface area contributed by atoms with Crippen LogP contribution < -0.4 is 4.90 Å². The highest BCUT2D eigenvalue weighted by molar-refractivity contribution is 5.99. The Kier molecular flexibility index (Phi) is 6.91. The van der Waals surface area contributed by atoms with Crippen molar-refractivity contribution in [2.75, 3.05) is 4.90 Å². The molecular weight excluding hydrogens is 687 g/mol. The third-order valence-corrected chi connectivity index (χ3v) is 16.2. The molecular formula is C56H49N. The van der Waals surface area contributed by atoms with Crippen molar-refractivity contribution in [3.63, 3.8) is 0 Å². The van der Waals surface area contributed by atoms with Crippen LogP contribution in [0.2, 0.25) is 0 Å². The van der Waals surface area contributed by atoms with Gasteiger partial charge in [-0.3, -0.25) is 0 Å². The molecule has 0 N–H and O–H groups in total. The van der Waals surface area contributed by atoms with Gasteiger partial charge >= 0.3 is 0 Å². The van der Waals surface area contributed by atoms with Gasteiger partial charge in [0.05, 0.1) is 5.69 Å². The first kappa shape index (κ1) is 32.7. The molecule has 0 aliphatic heterocycles. The van der Waals surface area contributed by atoms with E-state index in [1.165, 1.54) is 125 Å². The van der Waals surface area contributed by atoms with Crippen molar-refractivity contribution in [3.8, 4) is 33.4 Å². The molecule has 0 atom stereocenters. The van der Waals surface area contributed by atoms with Crippen LogP contribution in [0.5, 0.6) is 0 Å². The van der Waals surface area contributed by atoms with Crippen molar-refractivity contribution in [2.45, 2.75) is 75.0 Å². The maximum absolute atomic E-state index is 2.67. The topological polar surface area (TPSA) is 3.24 Å². The van der Waals surface area contributed by atoms with Gasteiger partial charge in [0, 0.05) is 27.8 Å². The summed E-state index contributed by atoms with van der Waals surface area (Å²) in [7, 11) is 0. The molecule has 14 rings (SSSR count). The van der Waals surface area contributed by atoms with E-state index in [1.54, 1.807) is 22.3 Å². The van der Waals surface area contributed by atoms with Gasteiger partial charge < -0.3 is 4.90 Å². The van der Waals surface area contributed by atoms with Gasteiger partial charge in [-0.1, -0.05) is 141 Å². The number of rotatable bonds is 4. The van der Waals surface area contributed by atoms with Gasteiger partial charge in [-0.2, -0.15) is 0 Å². The molecule has 1 heteroatoms. The summed E-state index contributed by atoms with van der Waals surface area (Å²) in [6, 6.07) is 59.0. The molecule has 0 saturated heterocycles. The van der Waals surface area contributed by atoms with Gasteiger partial charge in [0.15, 0.2) is 0 Å². The number of hydrogen-bond acceptors (Lipinski definition) is 1. The van der Waals surface area contributed by atoms with Crippen molar-refractivity contribution >= 4 is 27.8 Å². The smallest absolute Gasteiger partial charge is 0.0543 e. The molecule has 5 fully saturated rings. The fourth-order valence-corrected chi connectivity index (χ4v) is 14.4. The van der Waals surface area contributed by atoms with Crippen LogP contribution in [0.4, 0.5) is 17.1 Å². The van der Waals surface area contributed by atoms with E-state index >= 15 is 0 Å². The zero-order chi connectivity index (χ0) is 37.3. The van der Waals surface area contributed by atoms with Crippen molar-refractivity contribution in [3.05, 3.63) is 174 Å². The van der Waals surface area contributed by atoms with E-state index in [0.29, 0.717) is 0 Å². The molecule has 0 amide bonds. The Morgan fingerprint density at radius 2 is 1.07 bits per heavy atom. The highest BCUT2D eigenvalue weighted by Crippen LogP contribution is 2.70. The molecule has 0 aromatic heterocycles. The van der Waals surface area contributed by atoms with Crippen molar-refractivity contribution in [2.24, 2.45) is 23.7 Å². The molecule has 7 aliphatic carbocycles. The van der Waals surface area contributed by atoms with Gasteiger partial charge in [-0.15, -0.1) is 0 Å². The van der Waals surface area contributed by atoms with Gasteiger partial charge in [0.2, 0.25) is 0 Å². The van der Waals surface area contributed by atoms with E-state index in [9.17, 15) is 0 Å². The minimum absolute atomic E-state index is 0.0896. The van der Waals surface area contributed by atoms with E-state index < -0.39 is 0 Å². The van der Waals surface area contributed by atoms with Crippen LogP contribution in [0.3, 0.4) is 0 Å². The number of fused-ring (bicyclic) bond motifs is 9. The zero-order valence-electron chi connectivity index (χ0n) is 32.8. The Balaban J connectivity index is 1.06. The van der Waals surface area contributed by atoms with Crippen LogP contribution in [0.1, 0.15) is 86.5 Å². The summed E-state index contributed by atoms with van der Waals surface area (Å²) in [4.78, 5) is 2.67. The third-order valence-electron chi connectivity index (χ3n) is 16.2. The first-order valence-corrected chi connectivity index (χ1v) is 22.1. The third kappa shape index (κ3) is 4.41. The normalized spacial score (nSPS) is 25.4. The summed E-state index contributed by atoms with van der Waals surface area (Å²) in [5.74, 6) is 3.32. The Labute approximate surface area is 337 Å². The Hall–Kier alpha value is -5.40. The van der Waals surface area contributed by atoms with Gasteiger partial charge in [-0.25, -0.2) is 0 Å². The van der Waals surface area contributed by atoms with Crippen LogP contribution >= 0.6 is 0 Å². The summed E-state index contributed by atoms with van der Waals surface area (Å²) in [6.45, 7) is 0. The fraction of sp³-hybridized carbons (Fsp3) is 0.286. The van der Waals surface area contributed by atoms with E-state index in [0.717, 1.165) is 23.7 Å². The van der Waals surface area contributed by atoms with Crippen LogP contribution in [0, 0.1) is 23.7 Å². The molecule has 57 heavy (non-hydrogen) atoms. The largest absolute Gasteiger partial charge is 0.310 e. The van der Waals surface area contributed by atoms with Crippen LogP contribution in [-0.4, -0.2) is 0 Å². The molecule has 1 nitrogen and oxygen atoms in total. The monoisotopic (exact) mass is 735 g/mol. The number of hydrogen-bond donors (Lipinski definition) is 0. The molecule has 2 spiro atoms. The standard InChI is InChI=1S/C56H49N/c1-8-27-55(28-9-1)49-21-6-4-18-46(49)47-26-25-43(35-52(47)55)57(42-16-10-15-39(34-42)45-20-11-14-38-13-2-3-17-44(38)45)53-24-12-23-51-54(53)48-19-5-7-22-50(48)56(51)40-30-36-29-37(32-40)33-41(56)31-36/h2-7,10-26,34-37,40-41H,1,8-9,27-33H2. The second-order valence-electron chi connectivity index (χ2n) is 18.7. The van der Waals surface area contributed by atoms with Crippen LogP contribution in [0.25, 0.3) is 44.2 Å². The van der Waals surface area contributed by atoms with Gasteiger partial charge in [0.1, 0.15) is 0 Å². The van der Waals surface area contributed by atoms with Gasteiger partial charge in [0.25, 0.3) is 0 Å². The van der Waals surface area contributed by atoms with Crippen molar-refractivity contribution in [1.82, 2.24) is 0 Å². The number of benzene rings is 7. The molecule has 4 bridgehead atoms. The molecule has 5 saturated carbocycles. The second kappa shape index (κ2) is 12.1. The minimum Gasteiger partial charge on any atom is -0.310 e. The molecule has 0 unspecified atom stereocenters. The Bertz CT molecular complexity index is 2730. The number of nitrogens with zero attached hydrogens (tertiary/aromatic N) is 1. The highest BCUT2D eigenvalue weighted by atomic mass is 15.1. The van der Waals surface area contributed by atoms with E-state index in [1.807, 2.05) is 0 Å². The Morgan fingerprint density at radius 3 is 1.91 bits per heavy atom. The summed E-state index contributed by atoms with van der Waals surface area (Å²) in [5, 5.41) is 2.59. The fourth-order valence-electron chi connectivity index (χ4n) is 14.4. The maximum atomic E-state index is 2.67. The molecule has 7 aromatic rings. The summed E-state index contributed by atoms with van der Waals surface area (Å²) in [5.41, 5.74) is 18.8. The molecule has 0 radical (unpaired) electrons. The van der Waals surface area contributed by atoms with Crippen LogP contribution in [-0.2, 0) is 10.8 Å². The first-order chi connectivity index (χ1) is 28.2. The molecule has 0 heterocycles. The molecule has 7 aliphatic rings. The van der Waals surface area contributed by atoms with Crippen molar-refractivity contribution in [1.29, 1.82) is 0 Å². The average molecular weight is 736 g/mol. The van der Waals surface area contributed by atoms with E-state index in [-0.39, 0.29) is 10.8 Å². The van der Waals surface area contributed by atoms with E-state index in [4.69, 9.17) is 0 Å². The predicted molar refractivity (Wildman–Crippen MR) is 237 cm³/mol. The summed E-state index contributed by atoms with van der Waals surface area (Å²) >= 11 is 0. The predicted octanol–water partition coefficient (Wildman–Crippen LogP) is 14.9. The molecule has 278 valence electrons. The summed E-state index contributed by atoms with van der Waals surface area (Å²) < 4.78 is 0. The lowest BCUT2D eigenvalue weighted by atomic mass is 9.43.